The van der Waals surface area contributed by atoms with E-state index in [1.807, 2.05) is 11.8 Å². The smallest absolute Gasteiger partial charge is 0.200 e. The van der Waals surface area contributed by atoms with Gasteiger partial charge >= 0.3 is 0 Å². The Balaban J connectivity index is 1.86. The van der Waals surface area contributed by atoms with Crippen molar-refractivity contribution in [2.75, 3.05) is 0 Å². The number of aryl methyl sites for hydroxylation is 3. The Morgan fingerprint density at radius 2 is 1.60 bits per heavy atom. The molecule has 1 nitrogen and oxygen atoms in total. The van der Waals surface area contributed by atoms with Crippen LogP contribution in [0.3, 0.4) is 0 Å². The van der Waals surface area contributed by atoms with Crippen LogP contribution in [0.4, 0.5) is 0 Å². The Morgan fingerprint density at radius 1 is 0.829 bits per heavy atom. The lowest BCUT2D eigenvalue weighted by Gasteiger charge is -2.31. The van der Waals surface area contributed by atoms with Gasteiger partial charge in [-0.25, -0.2) is 4.57 Å². The minimum atomic E-state index is 0.0300. The fraction of sp³-hybridized carbons (Fsp3) is 0.303. The Hall–Kier alpha value is -2.84. The number of benzene rings is 4. The van der Waals surface area contributed by atoms with E-state index in [4.69, 9.17) is 0 Å². The van der Waals surface area contributed by atoms with Gasteiger partial charge in [-0.15, -0.1) is 0 Å². The largest absolute Gasteiger partial charge is 0.222 e. The van der Waals surface area contributed by atoms with Crippen LogP contribution in [-0.2, 0) is 12.5 Å². The van der Waals surface area contributed by atoms with Crippen LogP contribution in [0.1, 0.15) is 62.8 Å². The molecule has 0 atom stereocenters. The van der Waals surface area contributed by atoms with Crippen LogP contribution in [0.25, 0.3) is 43.6 Å². The maximum atomic E-state index is 2.48. The van der Waals surface area contributed by atoms with Crippen molar-refractivity contribution >= 4 is 44.1 Å². The van der Waals surface area contributed by atoms with E-state index in [0.29, 0.717) is 5.92 Å². The summed E-state index contributed by atoms with van der Waals surface area (Å²) in [6.45, 7) is 16.2. The molecule has 2 heterocycles. The molecule has 35 heavy (non-hydrogen) atoms. The maximum Gasteiger partial charge on any atom is 0.222 e. The van der Waals surface area contributed by atoms with Gasteiger partial charge in [0.2, 0.25) is 5.69 Å². The molecule has 0 unspecified atom stereocenters. The van der Waals surface area contributed by atoms with Gasteiger partial charge in [0.15, 0.2) is 6.20 Å². The molecule has 0 saturated heterocycles. The van der Waals surface area contributed by atoms with Crippen LogP contribution in [-0.4, -0.2) is 0 Å². The van der Waals surface area contributed by atoms with Crippen molar-refractivity contribution < 1.29 is 4.57 Å². The molecule has 4 aromatic carbocycles. The molecular weight excluding hydrogens is 442 g/mol. The third kappa shape index (κ3) is 3.19. The normalized spacial score (nSPS) is 13.3. The minimum Gasteiger partial charge on any atom is -0.200 e. The van der Waals surface area contributed by atoms with E-state index in [-0.39, 0.29) is 5.41 Å². The highest BCUT2D eigenvalue weighted by Gasteiger charge is 2.35. The van der Waals surface area contributed by atoms with Gasteiger partial charge in [-0.2, -0.15) is 0 Å². The lowest BCUT2D eigenvalue weighted by molar-refractivity contribution is -0.659. The molecule has 0 saturated carbocycles. The molecule has 0 fully saturated rings. The second-order valence-electron chi connectivity index (χ2n) is 11.6. The van der Waals surface area contributed by atoms with Gasteiger partial charge in [0.25, 0.3) is 0 Å². The van der Waals surface area contributed by atoms with Gasteiger partial charge in [0.1, 0.15) is 7.05 Å². The predicted octanol–water partition coefficient (Wildman–Crippen LogP) is 9.14. The van der Waals surface area contributed by atoms with Gasteiger partial charge in [-0.05, 0) is 69.5 Å². The van der Waals surface area contributed by atoms with Gasteiger partial charge in [-0.3, -0.25) is 0 Å². The summed E-state index contributed by atoms with van der Waals surface area (Å²) in [6.07, 6.45) is 2.26. The first-order chi connectivity index (χ1) is 16.6. The molecule has 0 aliphatic carbocycles. The molecule has 0 N–H and O–H groups in total. The van der Waals surface area contributed by atoms with Gasteiger partial charge in [0, 0.05) is 21.2 Å². The summed E-state index contributed by atoms with van der Waals surface area (Å²) < 4.78 is 2.35. The topological polar surface area (TPSA) is 3.88 Å². The third-order valence-electron chi connectivity index (χ3n) is 7.77. The van der Waals surface area contributed by atoms with E-state index in [2.05, 4.69) is 115 Å². The number of hydrogen-bond donors (Lipinski definition) is 0. The van der Waals surface area contributed by atoms with E-state index in [1.54, 1.807) is 0 Å². The Bertz CT molecular complexity index is 1700. The molecule has 5 aromatic rings. The number of fused-ring (bicyclic) bond motifs is 5. The van der Waals surface area contributed by atoms with Crippen molar-refractivity contribution in [1.29, 1.82) is 0 Å². The fourth-order valence-corrected chi connectivity index (χ4v) is 7.75. The third-order valence-corrected chi connectivity index (χ3v) is 8.93. The molecule has 2 heteroatoms. The van der Waals surface area contributed by atoms with Crippen LogP contribution in [0.2, 0.25) is 0 Å². The Morgan fingerprint density at radius 3 is 2.31 bits per heavy atom. The zero-order chi connectivity index (χ0) is 24.8. The zero-order valence-corrected chi connectivity index (χ0v) is 22.9. The highest BCUT2D eigenvalue weighted by molar-refractivity contribution is 8.00. The summed E-state index contributed by atoms with van der Waals surface area (Å²) in [5, 5.41) is 8.31. The first-order valence-corrected chi connectivity index (χ1v) is 13.5. The summed E-state index contributed by atoms with van der Waals surface area (Å²) in [5.41, 5.74) is 8.42. The predicted molar refractivity (Wildman–Crippen MR) is 152 cm³/mol. The van der Waals surface area contributed by atoms with Crippen LogP contribution in [0, 0.1) is 13.8 Å². The average Bonchev–Trinajstić information content (AvgIpc) is 2.79. The number of nitrogens with zero attached hydrogens (tertiary/aromatic N) is 1. The maximum absolute atomic E-state index is 2.48. The molecule has 1 aliphatic rings. The minimum absolute atomic E-state index is 0.0300. The summed E-state index contributed by atoms with van der Waals surface area (Å²) in [6, 6.07) is 18.7. The first-order valence-electron chi connectivity index (χ1n) is 12.7. The Kier molecular flexibility index (Phi) is 4.90. The number of aromatic nitrogens is 1. The SMILES string of the molecule is Cc1ccc2c(C(C)(C)C)c3c(c(C)c2c1)-c1c2c(cc4c(C(C)C)cccc4c2cc[n+]1C)S3. The molecule has 0 spiro atoms. The van der Waals surface area contributed by atoms with Gasteiger partial charge in [-0.1, -0.05) is 88.3 Å². The molecule has 1 aliphatic heterocycles. The van der Waals surface area contributed by atoms with Crippen LogP contribution in [0.5, 0.6) is 0 Å². The number of hydrogen-bond acceptors (Lipinski definition) is 1. The summed E-state index contributed by atoms with van der Waals surface area (Å²) in [4.78, 5) is 2.82. The summed E-state index contributed by atoms with van der Waals surface area (Å²) in [5.74, 6) is 0.489. The second-order valence-corrected chi connectivity index (χ2v) is 12.7. The van der Waals surface area contributed by atoms with Crippen LogP contribution >= 0.6 is 11.8 Å². The van der Waals surface area contributed by atoms with E-state index in [9.17, 15) is 0 Å². The number of rotatable bonds is 1. The monoisotopic (exact) mass is 476 g/mol. The molecule has 176 valence electrons. The molecule has 0 amide bonds. The van der Waals surface area contributed by atoms with E-state index in [1.165, 1.54) is 75.6 Å². The Labute approximate surface area is 213 Å². The van der Waals surface area contributed by atoms with Crippen molar-refractivity contribution in [3.05, 3.63) is 77.0 Å². The molecular formula is C33H34NS+. The summed E-state index contributed by atoms with van der Waals surface area (Å²) in [7, 11) is 2.21. The van der Waals surface area contributed by atoms with Crippen molar-refractivity contribution in [2.24, 2.45) is 7.05 Å². The van der Waals surface area contributed by atoms with Crippen molar-refractivity contribution in [2.45, 2.75) is 69.6 Å². The zero-order valence-electron chi connectivity index (χ0n) is 22.1. The van der Waals surface area contributed by atoms with E-state index >= 15 is 0 Å². The molecule has 6 rings (SSSR count). The molecule has 0 bridgehead atoms. The first kappa shape index (κ1) is 22.6. The molecule has 1 aromatic heterocycles. The van der Waals surface area contributed by atoms with Crippen molar-refractivity contribution in [3.8, 4) is 11.3 Å². The van der Waals surface area contributed by atoms with Crippen molar-refractivity contribution in [1.82, 2.24) is 0 Å². The quantitative estimate of drug-likeness (QED) is 0.169. The lowest BCUT2D eigenvalue weighted by Crippen LogP contribution is -2.32. The van der Waals surface area contributed by atoms with Crippen LogP contribution < -0.4 is 4.57 Å². The average molecular weight is 477 g/mol. The molecule has 0 radical (unpaired) electrons. The second kappa shape index (κ2) is 7.58. The fourth-order valence-electron chi connectivity index (χ4n) is 6.17. The lowest BCUT2D eigenvalue weighted by atomic mass is 9.79. The van der Waals surface area contributed by atoms with Crippen LogP contribution in [0.15, 0.2) is 64.5 Å². The van der Waals surface area contributed by atoms with E-state index in [0.717, 1.165) is 0 Å². The highest BCUT2D eigenvalue weighted by Crippen LogP contribution is 2.55. The van der Waals surface area contributed by atoms with Gasteiger partial charge in [0.05, 0.1) is 10.9 Å². The van der Waals surface area contributed by atoms with Gasteiger partial charge < -0.3 is 0 Å². The highest BCUT2D eigenvalue weighted by atomic mass is 32.2. The van der Waals surface area contributed by atoms with E-state index < -0.39 is 0 Å². The standard InChI is InChI=1S/C33H34NS/c1-18(2)21-10-9-11-22-23-14-15-34(8)31-28-20(4)25-16-19(3)12-13-24(25)30(33(5,6)7)32(28)35-27(29(23)31)17-26(21)22/h9-18H,1-8H3/q+1. The number of pyridine rings is 1. The summed E-state index contributed by atoms with van der Waals surface area (Å²) >= 11 is 1.99. The van der Waals surface area contributed by atoms with Crippen molar-refractivity contribution in [3.63, 3.8) is 0 Å².